The number of aliphatic hydroxyl groups excluding tert-OH is 1. The van der Waals surface area contributed by atoms with Gasteiger partial charge in [-0.3, -0.25) is 4.79 Å². The van der Waals surface area contributed by atoms with Crippen LogP contribution in [0.2, 0.25) is 0 Å². The number of aliphatic hydroxyl groups is 1. The van der Waals surface area contributed by atoms with Gasteiger partial charge in [0.25, 0.3) is 0 Å². The van der Waals surface area contributed by atoms with Gasteiger partial charge in [0.2, 0.25) is 5.91 Å². The van der Waals surface area contributed by atoms with E-state index in [1.807, 2.05) is 0 Å². The lowest BCUT2D eigenvalue weighted by Gasteiger charge is -2.39. The maximum atomic E-state index is 13.7. The standard InChI is InChI=1S/C23H33FN2O4/c1-15(2)23(7-5-18(10-23)25-19-6-8-29-13-20(19)27)22(28)26-12-17-9-16(11-24)3-4-21(17)30-14-26/h3-4,9,15,18-20,25,27H,5-8,10-14H2,1-2H3/t18-,19?,20?,23+/m1/s1. The molecule has 0 spiro atoms. The molecule has 3 aliphatic rings. The lowest BCUT2D eigenvalue weighted by Crippen LogP contribution is -2.51. The number of benzene rings is 1. The van der Waals surface area contributed by atoms with E-state index < -0.39 is 18.2 Å². The quantitative estimate of drug-likeness (QED) is 0.767. The summed E-state index contributed by atoms with van der Waals surface area (Å²) in [6.45, 7) is 5.40. The number of alkyl halides is 1. The number of rotatable bonds is 5. The maximum Gasteiger partial charge on any atom is 0.232 e. The van der Waals surface area contributed by atoms with Crippen molar-refractivity contribution in [2.24, 2.45) is 11.3 Å². The molecule has 0 radical (unpaired) electrons. The summed E-state index contributed by atoms with van der Waals surface area (Å²) in [5.41, 5.74) is 1.01. The predicted octanol–water partition coefficient (Wildman–Crippen LogP) is 2.77. The Bertz CT molecular complexity index is 774. The van der Waals surface area contributed by atoms with Gasteiger partial charge < -0.3 is 24.8 Å². The summed E-state index contributed by atoms with van der Waals surface area (Å²) in [5, 5.41) is 13.8. The van der Waals surface area contributed by atoms with Gasteiger partial charge in [-0.1, -0.05) is 19.9 Å². The molecule has 1 aromatic carbocycles. The molecule has 2 N–H and O–H groups in total. The van der Waals surface area contributed by atoms with Gasteiger partial charge in [0.05, 0.1) is 24.7 Å². The van der Waals surface area contributed by atoms with Crippen molar-refractivity contribution < 1.29 is 23.8 Å². The molecule has 2 fully saturated rings. The van der Waals surface area contributed by atoms with Crippen LogP contribution in [0.4, 0.5) is 4.39 Å². The number of amides is 1. The smallest absolute Gasteiger partial charge is 0.232 e. The summed E-state index contributed by atoms with van der Waals surface area (Å²) in [7, 11) is 0. The molecule has 6 nitrogen and oxygen atoms in total. The first-order valence-corrected chi connectivity index (χ1v) is 11.0. The van der Waals surface area contributed by atoms with Crippen LogP contribution in [0.5, 0.6) is 5.75 Å². The second kappa shape index (κ2) is 8.81. The molecule has 4 atom stereocenters. The third kappa shape index (κ3) is 4.07. The Morgan fingerprint density at radius 2 is 2.23 bits per heavy atom. The molecule has 0 bridgehead atoms. The summed E-state index contributed by atoms with van der Waals surface area (Å²) in [5.74, 6) is 1.04. The summed E-state index contributed by atoms with van der Waals surface area (Å²) in [4.78, 5) is 15.5. The summed E-state index contributed by atoms with van der Waals surface area (Å²) < 4.78 is 24.2. The molecule has 2 aliphatic heterocycles. The normalized spacial score (nSPS) is 31.5. The highest BCUT2D eigenvalue weighted by Crippen LogP contribution is 2.47. The molecule has 1 amide bonds. The zero-order valence-corrected chi connectivity index (χ0v) is 17.9. The van der Waals surface area contributed by atoms with E-state index in [4.69, 9.17) is 9.47 Å². The lowest BCUT2D eigenvalue weighted by molar-refractivity contribution is -0.149. The lowest BCUT2D eigenvalue weighted by atomic mass is 9.74. The minimum atomic E-state index is -0.525. The summed E-state index contributed by atoms with van der Waals surface area (Å²) in [6, 6.07) is 5.53. The number of nitrogens with zero attached hydrogens (tertiary/aromatic N) is 1. The van der Waals surface area contributed by atoms with Gasteiger partial charge in [-0.2, -0.15) is 0 Å². The van der Waals surface area contributed by atoms with Crippen LogP contribution in [-0.2, 0) is 22.8 Å². The van der Waals surface area contributed by atoms with E-state index in [0.29, 0.717) is 25.3 Å². The predicted molar refractivity (Wildman–Crippen MR) is 111 cm³/mol. The molecule has 1 saturated heterocycles. The molecule has 30 heavy (non-hydrogen) atoms. The number of ether oxygens (including phenoxy) is 2. The fraction of sp³-hybridized carbons (Fsp3) is 0.696. The van der Waals surface area contributed by atoms with Crippen molar-refractivity contribution in [3.8, 4) is 5.75 Å². The number of carbonyl (C=O) groups excluding carboxylic acids is 1. The van der Waals surface area contributed by atoms with E-state index in [1.165, 1.54) is 0 Å². The highest BCUT2D eigenvalue weighted by atomic mass is 19.1. The minimum Gasteiger partial charge on any atom is -0.473 e. The van der Waals surface area contributed by atoms with Crippen molar-refractivity contribution in [3.63, 3.8) is 0 Å². The molecule has 4 rings (SSSR count). The third-order valence-corrected chi connectivity index (χ3v) is 7.16. The van der Waals surface area contributed by atoms with Crippen LogP contribution in [0.3, 0.4) is 0 Å². The highest BCUT2D eigenvalue weighted by Gasteiger charge is 2.50. The van der Waals surface area contributed by atoms with Crippen LogP contribution in [0, 0.1) is 11.3 Å². The van der Waals surface area contributed by atoms with Crippen molar-refractivity contribution >= 4 is 5.91 Å². The molecule has 2 heterocycles. The van der Waals surface area contributed by atoms with Crippen LogP contribution < -0.4 is 10.1 Å². The van der Waals surface area contributed by atoms with Crippen molar-refractivity contribution in [1.29, 1.82) is 0 Å². The van der Waals surface area contributed by atoms with Crippen molar-refractivity contribution in [2.45, 2.75) is 70.9 Å². The average Bonchev–Trinajstić information content (AvgIpc) is 3.19. The average molecular weight is 421 g/mol. The molecule has 1 aliphatic carbocycles. The van der Waals surface area contributed by atoms with Gasteiger partial charge in [-0.25, -0.2) is 4.39 Å². The van der Waals surface area contributed by atoms with Gasteiger partial charge in [-0.05, 0) is 49.3 Å². The fourth-order valence-electron chi connectivity index (χ4n) is 5.23. The van der Waals surface area contributed by atoms with Crippen LogP contribution in [0.25, 0.3) is 0 Å². The summed E-state index contributed by atoms with van der Waals surface area (Å²) >= 11 is 0. The number of hydrogen-bond donors (Lipinski definition) is 2. The second-order valence-corrected chi connectivity index (χ2v) is 9.31. The molecule has 1 saturated carbocycles. The van der Waals surface area contributed by atoms with Crippen molar-refractivity contribution in [1.82, 2.24) is 10.2 Å². The number of halogens is 1. The van der Waals surface area contributed by atoms with E-state index in [0.717, 1.165) is 37.0 Å². The molecule has 1 aromatic rings. The minimum absolute atomic E-state index is 0.0196. The van der Waals surface area contributed by atoms with Gasteiger partial charge in [0.1, 0.15) is 12.4 Å². The molecule has 166 valence electrons. The first-order chi connectivity index (χ1) is 14.4. The zero-order valence-electron chi connectivity index (χ0n) is 17.9. The largest absolute Gasteiger partial charge is 0.473 e. The maximum absolute atomic E-state index is 13.7. The Balaban J connectivity index is 1.47. The molecule has 0 aromatic heterocycles. The number of fused-ring (bicyclic) bond motifs is 1. The Morgan fingerprint density at radius 3 is 2.97 bits per heavy atom. The van der Waals surface area contributed by atoms with Gasteiger partial charge in [0, 0.05) is 24.3 Å². The van der Waals surface area contributed by atoms with Crippen LogP contribution in [0.15, 0.2) is 18.2 Å². The highest BCUT2D eigenvalue weighted by molar-refractivity contribution is 5.83. The molecule has 2 unspecified atom stereocenters. The first kappa shape index (κ1) is 21.5. The second-order valence-electron chi connectivity index (χ2n) is 9.31. The van der Waals surface area contributed by atoms with Crippen molar-refractivity contribution in [2.75, 3.05) is 19.9 Å². The molecular formula is C23H33FN2O4. The SMILES string of the molecule is CC(C)[C@]1(C(=O)N2COc3ccc(CF)cc3C2)CC[C@@H](NC2CCOCC2O)C1. The Kier molecular flexibility index (Phi) is 6.32. The van der Waals surface area contributed by atoms with E-state index in [1.54, 1.807) is 23.1 Å². The van der Waals surface area contributed by atoms with Gasteiger partial charge in [0.15, 0.2) is 6.73 Å². The van der Waals surface area contributed by atoms with Crippen LogP contribution >= 0.6 is 0 Å². The number of carbonyl (C=O) groups is 1. The van der Waals surface area contributed by atoms with Crippen LogP contribution in [-0.4, -0.2) is 54.0 Å². The molecule has 7 heteroatoms. The Labute approximate surface area is 177 Å². The van der Waals surface area contributed by atoms with Gasteiger partial charge >= 0.3 is 0 Å². The topological polar surface area (TPSA) is 71.0 Å². The van der Waals surface area contributed by atoms with E-state index in [9.17, 15) is 14.3 Å². The summed E-state index contributed by atoms with van der Waals surface area (Å²) in [6.07, 6.45) is 2.76. The zero-order chi connectivity index (χ0) is 21.3. The van der Waals surface area contributed by atoms with E-state index in [-0.39, 0.29) is 30.6 Å². The van der Waals surface area contributed by atoms with E-state index >= 15 is 0 Å². The molecular weight excluding hydrogens is 387 g/mol. The number of nitrogens with one attached hydrogen (secondary N) is 1. The first-order valence-electron chi connectivity index (χ1n) is 11.0. The monoisotopic (exact) mass is 420 g/mol. The van der Waals surface area contributed by atoms with E-state index in [2.05, 4.69) is 19.2 Å². The number of hydrogen-bond acceptors (Lipinski definition) is 5. The fourth-order valence-corrected chi connectivity index (χ4v) is 5.23. The Morgan fingerprint density at radius 1 is 1.40 bits per heavy atom. The van der Waals surface area contributed by atoms with Crippen molar-refractivity contribution in [3.05, 3.63) is 29.3 Å². The van der Waals surface area contributed by atoms with Crippen LogP contribution in [0.1, 0.15) is 50.7 Å². The third-order valence-electron chi connectivity index (χ3n) is 7.16. The Hall–Kier alpha value is -1.70. The van der Waals surface area contributed by atoms with Gasteiger partial charge in [-0.15, -0.1) is 0 Å².